The Labute approximate surface area is 189 Å². The minimum absolute atomic E-state index is 0.969. The second-order valence-corrected chi connectivity index (χ2v) is 9.60. The van der Waals surface area contributed by atoms with E-state index in [2.05, 4.69) is 75.6 Å². The fraction of sp³-hybridized carbons (Fsp3) is 0.333. The molecular formula is C27H31N3S. The van der Waals surface area contributed by atoms with E-state index in [1.54, 1.807) is 0 Å². The van der Waals surface area contributed by atoms with Crippen LogP contribution in [0.15, 0.2) is 66.2 Å². The number of anilines is 2. The molecule has 0 unspecified atom stereocenters. The maximum absolute atomic E-state index is 4.00. The van der Waals surface area contributed by atoms with Gasteiger partial charge in [-0.05, 0) is 72.7 Å². The summed E-state index contributed by atoms with van der Waals surface area (Å²) in [6, 6.07) is 15.8. The molecule has 0 spiro atoms. The SMILES string of the molecule is C=C1C=Cc2ccc(CCCCCN3CCN(c4cccc5sccc45)CC3)cc2N1. The van der Waals surface area contributed by atoms with Crippen molar-refractivity contribution in [3.05, 3.63) is 77.3 Å². The fourth-order valence-corrected chi connectivity index (χ4v) is 5.53. The molecule has 1 saturated heterocycles. The Morgan fingerprint density at radius 2 is 1.84 bits per heavy atom. The summed E-state index contributed by atoms with van der Waals surface area (Å²) in [7, 11) is 0. The highest BCUT2D eigenvalue weighted by atomic mass is 32.1. The molecule has 31 heavy (non-hydrogen) atoms. The summed E-state index contributed by atoms with van der Waals surface area (Å²) in [6.07, 6.45) is 9.18. The standard InChI is InChI=1S/C27H31N3S/c1-21-9-11-23-12-10-22(20-25(23)28-21)6-3-2-4-14-29-15-17-30(18-16-29)26-7-5-8-27-24(26)13-19-31-27/h5,7-13,19-20,28H,1-4,6,14-18H2. The number of piperazine rings is 1. The summed E-state index contributed by atoms with van der Waals surface area (Å²) in [4.78, 5) is 5.21. The van der Waals surface area contributed by atoms with Gasteiger partial charge < -0.3 is 10.2 Å². The number of aryl methyl sites for hydroxylation is 1. The molecule has 2 aliphatic heterocycles. The van der Waals surface area contributed by atoms with E-state index in [1.807, 2.05) is 17.4 Å². The number of nitrogens with one attached hydrogen (secondary N) is 1. The van der Waals surface area contributed by atoms with Crippen LogP contribution in [0.5, 0.6) is 0 Å². The average molecular weight is 430 g/mol. The number of benzene rings is 2. The van der Waals surface area contributed by atoms with Crippen molar-refractivity contribution in [2.45, 2.75) is 25.7 Å². The van der Waals surface area contributed by atoms with Gasteiger partial charge in [-0.1, -0.05) is 37.3 Å². The van der Waals surface area contributed by atoms with Crippen LogP contribution < -0.4 is 10.2 Å². The molecule has 0 radical (unpaired) electrons. The Bertz CT molecular complexity index is 1090. The van der Waals surface area contributed by atoms with Crippen LogP contribution in [0.2, 0.25) is 0 Å². The maximum atomic E-state index is 4.00. The number of unbranched alkanes of at least 4 members (excludes halogenated alkanes) is 2. The second kappa shape index (κ2) is 9.29. The molecule has 5 rings (SSSR count). The molecule has 3 nitrogen and oxygen atoms in total. The molecule has 0 bridgehead atoms. The number of fused-ring (bicyclic) bond motifs is 2. The van der Waals surface area contributed by atoms with Crippen molar-refractivity contribution < 1.29 is 0 Å². The molecule has 1 fully saturated rings. The summed E-state index contributed by atoms with van der Waals surface area (Å²) in [6.45, 7) is 9.85. The molecule has 0 saturated carbocycles. The van der Waals surface area contributed by atoms with E-state index in [0.29, 0.717) is 0 Å². The van der Waals surface area contributed by atoms with Gasteiger partial charge in [0.15, 0.2) is 0 Å². The van der Waals surface area contributed by atoms with E-state index < -0.39 is 0 Å². The molecule has 1 aromatic heterocycles. The molecule has 3 aromatic rings. The van der Waals surface area contributed by atoms with Gasteiger partial charge in [-0.15, -0.1) is 11.3 Å². The van der Waals surface area contributed by atoms with E-state index in [9.17, 15) is 0 Å². The highest BCUT2D eigenvalue weighted by Crippen LogP contribution is 2.31. The summed E-state index contributed by atoms with van der Waals surface area (Å²) < 4.78 is 1.40. The predicted molar refractivity (Wildman–Crippen MR) is 136 cm³/mol. The predicted octanol–water partition coefficient (Wildman–Crippen LogP) is 6.39. The number of thiophene rings is 1. The Morgan fingerprint density at radius 3 is 2.74 bits per heavy atom. The lowest BCUT2D eigenvalue weighted by Crippen LogP contribution is -2.46. The zero-order chi connectivity index (χ0) is 21.0. The Balaban J connectivity index is 1.04. The first-order chi connectivity index (χ1) is 15.3. The van der Waals surface area contributed by atoms with Gasteiger partial charge in [0.05, 0.1) is 0 Å². The van der Waals surface area contributed by atoms with Crippen LogP contribution >= 0.6 is 11.3 Å². The third-order valence-electron chi connectivity index (χ3n) is 6.50. The Hall–Kier alpha value is -2.56. The molecule has 0 amide bonds. The van der Waals surface area contributed by atoms with Gasteiger partial charge in [-0.3, -0.25) is 4.90 Å². The first kappa shape index (κ1) is 20.3. The van der Waals surface area contributed by atoms with Crippen LogP contribution in [0.3, 0.4) is 0 Å². The third-order valence-corrected chi connectivity index (χ3v) is 7.38. The van der Waals surface area contributed by atoms with Crippen LogP contribution in [0.4, 0.5) is 11.4 Å². The Morgan fingerprint density at radius 1 is 0.935 bits per heavy atom. The lowest BCUT2D eigenvalue weighted by Gasteiger charge is -2.36. The molecule has 3 heterocycles. The maximum Gasteiger partial charge on any atom is 0.0460 e. The summed E-state index contributed by atoms with van der Waals surface area (Å²) in [5.41, 5.74) is 6.26. The van der Waals surface area contributed by atoms with Gasteiger partial charge in [0.25, 0.3) is 0 Å². The molecule has 0 aliphatic carbocycles. The molecule has 160 valence electrons. The number of hydrogen-bond donors (Lipinski definition) is 1. The fourth-order valence-electron chi connectivity index (χ4n) is 4.73. The zero-order valence-corrected chi connectivity index (χ0v) is 19.0. The summed E-state index contributed by atoms with van der Waals surface area (Å²) in [5.74, 6) is 0. The van der Waals surface area contributed by atoms with E-state index in [0.717, 1.165) is 25.2 Å². The lowest BCUT2D eigenvalue weighted by molar-refractivity contribution is 0.252. The van der Waals surface area contributed by atoms with Crippen molar-refractivity contribution in [2.24, 2.45) is 0 Å². The smallest absolute Gasteiger partial charge is 0.0460 e. The average Bonchev–Trinajstić information content (AvgIpc) is 3.28. The van der Waals surface area contributed by atoms with Crippen molar-refractivity contribution in [1.29, 1.82) is 0 Å². The van der Waals surface area contributed by atoms with Gasteiger partial charge in [-0.2, -0.15) is 0 Å². The van der Waals surface area contributed by atoms with Gasteiger partial charge in [0, 0.05) is 53.3 Å². The highest BCUT2D eigenvalue weighted by Gasteiger charge is 2.18. The van der Waals surface area contributed by atoms with Crippen LogP contribution in [0.25, 0.3) is 16.2 Å². The molecule has 1 N–H and O–H groups in total. The third kappa shape index (κ3) is 4.70. The van der Waals surface area contributed by atoms with Crippen molar-refractivity contribution in [3.8, 4) is 0 Å². The van der Waals surface area contributed by atoms with E-state index >= 15 is 0 Å². The highest BCUT2D eigenvalue weighted by molar-refractivity contribution is 7.17. The van der Waals surface area contributed by atoms with Crippen LogP contribution in [-0.2, 0) is 6.42 Å². The minimum Gasteiger partial charge on any atom is -0.368 e. The van der Waals surface area contributed by atoms with Crippen molar-refractivity contribution in [1.82, 2.24) is 4.90 Å². The van der Waals surface area contributed by atoms with Crippen LogP contribution in [-0.4, -0.2) is 37.6 Å². The quantitative estimate of drug-likeness (QED) is 0.439. The molecular weight excluding hydrogens is 398 g/mol. The Kier molecular flexibility index (Phi) is 6.10. The summed E-state index contributed by atoms with van der Waals surface area (Å²) in [5, 5.41) is 7.00. The van der Waals surface area contributed by atoms with Crippen molar-refractivity contribution >= 4 is 38.9 Å². The summed E-state index contributed by atoms with van der Waals surface area (Å²) >= 11 is 1.84. The number of allylic oxidation sites excluding steroid dienone is 1. The number of nitrogens with zero attached hydrogens (tertiary/aromatic N) is 2. The van der Waals surface area contributed by atoms with Gasteiger partial charge in [0.1, 0.15) is 0 Å². The monoisotopic (exact) mass is 429 g/mol. The normalized spacial score (nSPS) is 16.5. The lowest BCUT2D eigenvalue weighted by atomic mass is 10.0. The first-order valence-electron chi connectivity index (χ1n) is 11.5. The van der Waals surface area contributed by atoms with Crippen LogP contribution in [0, 0.1) is 0 Å². The first-order valence-corrected chi connectivity index (χ1v) is 12.3. The van der Waals surface area contributed by atoms with Gasteiger partial charge in [-0.25, -0.2) is 0 Å². The van der Waals surface area contributed by atoms with Gasteiger partial charge in [0.2, 0.25) is 0 Å². The molecule has 2 aliphatic rings. The second-order valence-electron chi connectivity index (χ2n) is 8.65. The largest absolute Gasteiger partial charge is 0.368 e. The zero-order valence-electron chi connectivity index (χ0n) is 18.1. The van der Waals surface area contributed by atoms with E-state index in [4.69, 9.17) is 0 Å². The van der Waals surface area contributed by atoms with Crippen LogP contribution in [0.1, 0.15) is 30.4 Å². The molecule has 0 atom stereocenters. The van der Waals surface area contributed by atoms with E-state index in [-0.39, 0.29) is 0 Å². The molecule has 2 aromatic carbocycles. The van der Waals surface area contributed by atoms with Gasteiger partial charge >= 0.3 is 0 Å². The van der Waals surface area contributed by atoms with E-state index in [1.165, 1.54) is 71.5 Å². The number of rotatable bonds is 7. The van der Waals surface area contributed by atoms with Crippen molar-refractivity contribution in [2.75, 3.05) is 42.9 Å². The molecule has 4 heteroatoms. The minimum atomic E-state index is 0.969. The topological polar surface area (TPSA) is 18.5 Å². The van der Waals surface area contributed by atoms with Crippen molar-refractivity contribution in [3.63, 3.8) is 0 Å². The number of hydrogen-bond acceptors (Lipinski definition) is 4.